The van der Waals surface area contributed by atoms with Crippen LogP contribution in [0.1, 0.15) is 15.9 Å². The topological polar surface area (TPSA) is 74.3 Å². The lowest BCUT2D eigenvalue weighted by Gasteiger charge is -2.11. The summed E-state index contributed by atoms with van der Waals surface area (Å²) in [5.74, 6) is -0.487. The third-order valence-electron chi connectivity index (χ3n) is 2.80. The van der Waals surface area contributed by atoms with Gasteiger partial charge in [-0.2, -0.15) is 0 Å². The Morgan fingerprint density at radius 1 is 1.26 bits per heavy atom. The van der Waals surface area contributed by atoms with Crippen LogP contribution in [0.25, 0.3) is 5.69 Å². The van der Waals surface area contributed by atoms with Gasteiger partial charge in [-0.05, 0) is 17.7 Å². The molecule has 0 amide bonds. The van der Waals surface area contributed by atoms with Crippen LogP contribution in [0.5, 0.6) is 0 Å². The van der Waals surface area contributed by atoms with Gasteiger partial charge < -0.3 is 10.5 Å². The van der Waals surface area contributed by atoms with E-state index in [0.717, 1.165) is 5.56 Å². The Hall–Kier alpha value is -2.40. The molecule has 0 aliphatic carbocycles. The van der Waals surface area contributed by atoms with Crippen LogP contribution in [0.2, 0.25) is 0 Å². The lowest BCUT2D eigenvalue weighted by Crippen LogP contribution is -2.20. The Bertz CT molecular complexity index is 662. The lowest BCUT2D eigenvalue weighted by atomic mass is 10.1. The maximum Gasteiger partial charge on any atom is 0.339 e. The van der Waals surface area contributed by atoms with Crippen LogP contribution in [0.15, 0.2) is 47.4 Å². The number of nitrogens with two attached hydrogens (primary N) is 1. The highest BCUT2D eigenvalue weighted by molar-refractivity contribution is 5.88. The maximum atomic E-state index is 11.9. The van der Waals surface area contributed by atoms with Crippen LogP contribution in [-0.2, 0) is 11.3 Å². The molecule has 0 atom stereocenters. The fourth-order valence-corrected chi connectivity index (χ4v) is 1.83. The standard InChI is InChI=1S/C14H14N2O3/c1-19-14(18)11-6-7-13(17)16(9-11)12-5-3-2-4-10(12)8-15/h2-7,9H,8,15H2,1H3. The average molecular weight is 258 g/mol. The molecule has 0 aliphatic rings. The zero-order chi connectivity index (χ0) is 13.8. The Labute approximate surface area is 110 Å². The zero-order valence-electron chi connectivity index (χ0n) is 10.5. The molecule has 2 aromatic rings. The number of pyridine rings is 1. The van der Waals surface area contributed by atoms with Crippen molar-refractivity contribution in [2.45, 2.75) is 6.54 Å². The summed E-state index contributed by atoms with van der Waals surface area (Å²) in [4.78, 5) is 23.4. The second-order valence-electron chi connectivity index (χ2n) is 3.95. The van der Waals surface area contributed by atoms with Gasteiger partial charge in [0.15, 0.2) is 0 Å². The number of aromatic nitrogens is 1. The van der Waals surface area contributed by atoms with Crippen molar-refractivity contribution in [2.75, 3.05) is 7.11 Å². The first-order valence-electron chi connectivity index (χ1n) is 5.76. The summed E-state index contributed by atoms with van der Waals surface area (Å²) in [5, 5.41) is 0. The van der Waals surface area contributed by atoms with Gasteiger partial charge in [0, 0.05) is 18.8 Å². The second kappa shape index (κ2) is 5.49. The van der Waals surface area contributed by atoms with E-state index in [9.17, 15) is 9.59 Å². The molecule has 1 heterocycles. The summed E-state index contributed by atoms with van der Waals surface area (Å²) in [6.07, 6.45) is 1.46. The lowest BCUT2D eigenvalue weighted by molar-refractivity contribution is 0.0600. The smallest absolute Gasteiger partial charge is 0.339 e. The first-order valence-corrected chi connectivity index (χ1v) is 5.76. The molecule has 2 N–H and O–H groups in total. The molecule has 0 aliphatic heterocycles. The third-order valence-corrected chi connectivity index (χ3v) is 2.80. The van der Waals surface area contributed by atoms with Gasteiger partial charge in [-0.15, -0.1) is 0 Å². The average Bonchev–Trinajstić information content (AvgIpc) is 2.47. The van der Waals surface area contributed by atoms with Gasteiger partial charge >= 0.3 is 5.97 Å². The SMILES string of the molecule is COC(=O)c1ccc(=O)n(-c2ccccc2CN)c1. The molecular formula is C14H14N2O3. The molecule has 5 nitrogen and oxygen atoms in total. The number of benzene rings is 1. The number of ether oxygens (including phenoxy) is 1. The number of esters is 1. The molecule has 0 saturated carbocycles. The molecule has 5 heteroatoms. The predicted molar refractivity (Wildman–Crippen MR) is 71.3 cm³/mol. The minimum atomic E-state index is -0.487. The summed E-state index contributed by atoms with van der Waals surface area (Å²) in [6.45, 7) is 0.311. The van der Waals surface area contributed by atoms with Crippen LogP contribution in [0.4, 0.5) is 0 Å². The van der Waals surface area contributed by atoms with Crippen LogP contribution in [0.3, 0.4) is 0 Å². The van der Waals surface area contributed by atoms with Gasteiger partial charge in [-0.25, -0.2) is 4.79 Å². The number of carbonyl (C=O) groups is 1. The van der Waals surface area contributed by atoms with Gasteiger partial charge in [0.25, 0.3) is 5.56 Å². The van der Waals surface area contributed by atoms with Crippen molar-refractivity contribution in [3.8, 4) is 5.69 Å². The van der Waals surface area contributed by atoms with Crippen molar-refractivity contribution < 1.29 is 9.53 Å². The van der Waals surface area contributed by atoms with Crippen LogP contribution in [-0.4, -0.2) is 17.6 Å². The summed E-state index contributed by atoms with van der Waals surface area (Å²) in [7, 11) is 1.30. The van der Waals surface area contributed by atoms with Gasteiger partial charge in [0.1, 0.15) is 0 Å². The van der Waals surface area contributed by atoms with Crippen LogP contribution < -0.4 is 11.3 Å². The Morgan fingerprint density at radius 3 is 2.68 bits per heavy atom. The molecule has 0 saturated heterocycles. The van der Waals surface area contributed by atoms with Crippen LogP contribution in [0, 0.1) is 0 Å². The number of hydrogen-bond donors (Lipinski definition) is 1. The van der Waals surface area contributed by atoms with Crippen LogP contribution >= 0.6 is 0 Å². The molecular weight excluding hydrogens is 244 g/mol. The van der Waals surface area contributed by atoms with E-state index in [2.05, 4.69) is 4.74 Å². The highest BCUT2D eigenvalue weighted by Gasteiger charge is 2.10. The van der Waals surface area contributed by atoms with E-state index < -0.39 is 5.97 Å². The number of hydrogen-bond acceptors (Lipinski definition) is 4. The van der Waals surface area contributed by atoms with Gasteiger partial charge in [0.2, 0.25) is 0 Å². The molecule has 0 radical (unpaired) electrons. The molecule has 2 rings (SSSR count). The summed E-state index contributed by atoms with van der Waals surface area (Å²) in [5.41, 5.74) is 7.23. The minimum Gasteiger partial charge on any atom is -0.465 e. The fraction of sp³-hybridized carbons (Fsp3) is 0.143. The van der Waals surface area contributed by atoms with Crippen molar-refractivity contribution >= 4 is 5.97 Å². The number of rotatable bonds is 3. The highest BCUT2D eigenvalue weighted by Crippen LogP contribution is 2.12. The van der Waals surface area contributed by atoms with Gasteiger partial charge in [0.05, 0.1) is 18.4 Å². The van der Waals surface area contributed by atoms with Crippen molar-refractivity contribution in [2.24, 2.45) is 5.73 Å². The van der Waals surface area contributed by atoms with Crippen molar-refractivity contribution in [3.05, 3.63) is 64.1 Å². The molecule has 19 heavy (non-hydrogen) atoms. The molecule has 98 valence electrons. The molecule has 0 unspecified atom stereocenters. The number of para-hydroxylation sites is 1. The fourth-order valence-electron chi connectivity index (χ4n) is 1.83. The minimum absolute atomic E-state index is 0.228. The molecule has 0 fully saturated rings. The third kappa shape index (κ3) is 2.56. The molecule has 0 spiro atoms. The Balaban J connectivity index is 2.61. The van der Waals surface area contributed by atoms with E-state index in [1.165, 1.54) is 30.0 Å². The van der Waals surface area contributed by atoms with Gasteiger partial charge in [-0.3, -0.25) is 9.36 Å². The number of methoxy groups -OCH3 is 1. The monoisotopic (exact) mass is 258 g/mol. The molecule has 1 aromatic carbocycles. The summed E-state index contributed by atoms with van der Waals surface area (Å²) < 4.78 is 6.04. The van der Waals surface area contributed by atoms with E-state index in [-0.39, 0.29) is 5.56 Å². The van der Waals surface area contributed by atoms with Crippen molar-refractivity contribution in [1.82, 2.24) is 4.57 Å². The Morgan fingerprint density at radius 2 is 2.00 bits per heavy atom. The normalized spacial score (nSPS) is 10.2. The predicted octanol–water partition coefficient (Wildman–Crippen LogP) is 1.08. The van der Waals surface area contributed by atoms with E-state index >= 15 is 0 Å². The van der Waals surface area contributed by atoms with E-state index in [0.29, 0.717) is 17.8 Å². The largest absolute Gasteiger partial charge is 0.465 e. The maximum absolute atomic E-state index is 11.9. The quantitative estimate of drug-likeness (QED) is 0.836. The summed E-state index contributed by atoms with van der Waals surface area (Å²) in [6, 6.07) is 10.1. The van der Waals surface area contributed by atoms with E-state index in [4.69, 9.17) is 5.73 Å². The first-order chi connectivity index (χ1) is 9.17. The highest BCUT2D eigenvalue weighted by atomic mass is 16.5. The van der Waals surface area contributed by atoms with E-state index in [1.54, 1.807) is 6.07 Å². The summed E-state index contributed by atoms with van der Waals surface area (Å²) >= 11 is 0. The number of nitrogens with zero attached hydrogens (tertiary/aromatic N) is 1. The van der Waals surface area contributed by atoms with E-state index in [1.807, 2.05) is 18.2 Å². The second-order valence-corrected chi connectivity index (χ2v) is 3.95. The first kappa shape index (κ1) is 13.0. The Kier molecular flexibility index (Phi) is 3.77. The number of carbonyl (C=O) groups excluding carboxylic acids is 1. The molecule has 1 aromatic heterocycles. The molecule has 0 bridgehead atoms. The van der Waals surface area contributed by atoms with Crippen molar-refractivity contribution in [3.63, 3.8) is 0 Å². The zero-order valence-corrected chi connectivity index (χ0v) is 10.5. The van der Waals surface area contributed by atoms with Crippen molar-refractivity contribution in [1.29, 1.82) is 0 Å². The van der Waals surface area contributed by atoms with Gasteiger partial charge in [-0.1, -0.05) is 18.2 Å².